The monoisotopic (exact) mass is 380 g/mol. The molecule has 0 radical (unpaired) electrons. The molecule has 1 aromatic rings. The van der Waals surface area contributed by atoms with Gasteiger partial charge in [0.05, 0.1) is 3.79 Å². The van der Waals surface area contributed by atoms with Crippen LogP contribution in [0.4, 0.5) is 0 Å². The molecular formula is C13H21BrN2O2S2. The van der Waals surface area contributed by atoms with Crippen molar-refractivity contribution < 1.29 is 8.42 Å². The number of rotatable bonds is 5. The third-order valence-electron chi connectivity index (χ3n) is 3.52. The summed E-state index contributed by atoms with van der Waals surface area (Å²) in [4.78, 5) is 2.35. The van der Waals surface area contributed by atoms with E-state index in [0.717, 1.165) is 29.0 Å². The Balaban J connectivity index is 1.86. The number of nitrogens with one attached hydrogen (secondary N) is 1. The van der Waals surface area contributed by atoms with E-state index < -0.39 is 10.0 Å². The van der Waals surface area contributed by atoms with Crippen molar-refractivity contribution in [1.29, 1.82) is 0 Å². The molecule has 7 heteroatoms. The minimum atomic E-state index is -3.36. The first kappa shape index (κ1) is 16.4. The first-order valence-electron chi connectivity index (χ1n) is 6.97. The van der Waals surface area contributed by atoms with E-state index in [1.165, 1.54) is 37.0 Å². The van der Waals surface area contributed by atoms with Crippen molar-refractivity contribution in [2.24, 2.45) is 0 Å². The molecule has 1 aromatic heterocycles. The lowest BCUT2D eigenvalue weighted by atomic mass is 10.2. The van der Waals surface area contributed by atoms with Gasteiger partial charge in [-0.3, -0.25) is 0 Å². The lowest BCUT2D eigenvalue weighted by Crippen LogP contribution is -2.35. The number of sulfonamides is 1. The summed E-state index contributed by atoms with van der Waals surface area (Å²) in [6.07, 6.45) is 5.04. The maximum absolute atomic E-state index is 12.2. The minimum Gasteiger partial charge on any atom is -0.302 e. The second-order valence-electron chi connectivity index (χ2n) is 5.18. The zero-order valence-electron chi connectivity index (χ0n) is 11.7. The summed E-state index contributed by atoms with van der Waals surface area (Å²) in [5.41, 5.74) is 0.961. The summed E-state index contributed by atoms with van der Waals surface area (Å²) in [6, 6.07) is 1.71. The predicted octanol–water partition coefficient (Wildman–Crippen LogP) is 2.97. The molecule has 1 saturated heterocycles. The van der Waals surface area contributed by atoms with Crippen molar-refractivity contribution in [3.63, 3.8) is 0 Å². The molecule has 0 aliphatic carbocycles. The van der Waals surface area contributed by atoms with E-state index in [1.54, 1.807) is 6.07 Å². The van der Waals surface area contributed by atoms with E-state index in [9.17, 15) is 8.42 Å². The largest absolute Gasteiger partial charge is 0.302 e. The number of nitrogens with zero attached hydrogens (tertiary/aromatic N) is 1. The summed E-state index contributed by atoms with van der Waals surface area (Å²) < 4.78 is 28.3. The van der Waals surface area contributed by atoms with Gasteiger partial charge in [-0.25, -0.2) is 13.1 Å². The molecule has 114 valence electrons. The molecule has 0 atom stereocenters. The number of halogens is 1. The van der Waals surface area contributed by atoms with Crippen LogP contribution in [0.25, 0.3) is 0 Å². The highest BCUT2D eigenvalue weighted by molar-refractivity contribution is 9.11. The van der Waals surface area contributed by atoms with Crippen LogP contribution in [0.1, 0.15) is 31.2 Å². The van der Waals surface area contributed by atoms with Crippen LogP contribution in [-0.2, 0) is 10.0 Å². The van der Waals surface area contributed by atoms with E-state index in [1.807, 2.05) is 6.92 Å². The van der Waals surface area contributed by atoms with Gasteiger partial charge in [0.2, 0.25) is 10.0 Å². The molecule has 2 rings (SSSR count). The molecule has 1 aliphatic heterocycles. The first-order chi connectivity index (χ1) is 9.49. The Morgan fingerprint density at radius 3 is 2.50 bits per heavy atom. The molecule has 1 fully saturated rings. The second-order valence-corrected chi connectivity index (χ2v) is 9.54. The van der Waals surface area contributed by atoms with Crippen LogP contribution in [0.2, 0.25) is 0 Å². The highest BCUT2D eigenvalue weighted by atomic mass is 79.9. The Morgan fingerprint density at radius 2 is 1.95 bits per heavy atom. The van der Waals surface area contributed by atoms with Gasteiger partial charge < -0.3 is 4.90 Å². The zero-order chi connectivity index (χ0) is 14.6. The number of likely N-dealkylation sites (tertiary alicyclic amines) is 1. The molecular weight excluding hydrogens is 360 g/mol. The number of hydrogen-bond donors (Lipinski definition) is 1. The fourth-order valence-corrected chi connectivity index (χ4v) is 5.62. The Kier molecular flexibility index (Phi) is 6.04. The standard InChI is InChI=1S/C13H21BrN2O2S2/c1-11-10-12(19-13(11)14)20(17,18)15-6-9-16-7-4-2-3-5-8-16/h10,15H,2-9H2,1H3. The first-order valence-corrected chi connectivity index (χ1v) is 10.1. The summed E-state index contributed by atoms with van der Waals surface area (Å²) >= 11 is 4.63. The lowest BCUT2D eigenvalue weighted by molar-refractivity contribution is 0.290. The summed E-state index contributed by atoms with van der Waals surface area (Å²) in [7, 11) is -3.36. The van der Waals surface area contributed by atoms with Crippen molar-refractivity contribution in [2.45, 2.75) is 36.8 Å². The Bertz CT molecular complexity index is 515. The van der Waals surface area contributed by atoms with Gasteiger partial charge in [0, 0.05) is 13.1 Å². The second kappa shape index (κ2) is 7.35. The van der Waals surface area contributed by atoms with Gasteiger partial charge in [-0.1, -0.05) is 12.8 Å². The van der Waals surface area contributed by atoms with Gasteiger partial charge in [0.15, 0.2) is 0 Å². The van der Waals surface area contributed by atoms with Crippen LogP contribution in [0.15, 0.2) is 14.1 Å². The molecule has 0 saturated carbocycles. The molecule has 0 spiro atoms. The van der Waals surface area contributed by atoms with Crippen LogP contribution in [0.5, 0.6) is 0 Å². The van der Waals surface area contributed by atoms with Crippen molar-refractivity contribution in [1.82, 2.24) is 9.62 Å². The maximum atomic E-state index is 12.2. The normalized spacial score (nSPS) is 18.1. The molecule has 4 nitrogen and oxygen atoms in total. The van der Waals surface area contributed by atoms with E-state index in [0.29, 0.717) is 10.8 Å². The van der Waals surface area contributed by atoms with E-state index in [2.05, 4.69) is 25.6 Å². The molecule has 1 aliphatic rings. The van der Waals surface area contributed by atoms with Gasteiger partial charge in [0.1, 0.15) is 4.21 Å². The summed E-state index contributed by atoms with van der Waals surface area (Å²) in [5, 5.41) is 0. The minimum absolute atomic E-state index is 0.387. The van der Waals surface area contributed by atoms with E-state index in [4.69, 9.17) is 0 Å². The molecule has 0 aromatic carbocycles. The number of hydrogen-bond acceptors (Lipinski definition) is 4. The number of thiophene rings is 1. The van der Waals surface area contributed by atoms with Crippen molar-refractivity contribution >= 4 is 37.3 Å². The Hall–Kier alpha value is 0.0500. The Morgan fingerprint density at radius 1 is 1.30 bits per heavy atom. The van der Waals surface area contributed by atoms with Gasteiger partial charge in [0.25, 0.3) is 0 Å². The SMILES string of the molecule is Cc1cc(S(=O)(=O)NCCN2CCCCCC2)sc1Br. The predicted molar refractivity (Wildman–Crippen MR) is 86.9 cm³/mol. The van der Waals surface area contributed by atoms with Crippen LogP contribution in [0.3, 0.4) is 0 Å². The van der Waals surface area contributed by atoms with Crippen LogP contribution < -0.4 is 4.72 Å². The smallest absolute Gasteiger partial charge is 0.250 e. The molecule has 1 N–H and O–H groups in total. The van der Waals surface area contributed by atoms with Gasteiger partial charge in [-0.15, -0.1) is 11.3 Å². The van der Waals surface area contributed by atoms with Crippen LogP contribution >= 0.6 is 27.3 Å². The maximum Gasteiger partial charge on any atom is 0.250 e. The lowest BCUT2D eigenvalue weighted by Gasteiger charge is -2.19. The third kappa shape index (κ3) is 4.53. The zero-order valence-corrected chi connectivity index (χ0v) is 14.9. The van der Waals surface area contributed by atoms with Crippen molar-refractivity contribution in [3.8, 4) is 0 Å². The van der Waals surface area contributed by atoms with Crippen molar-refractivity contribution in [2.75, 3.05) is 26.2 Å². The summed E-state index contributed by atoms with van der Waals surface area (Å²) in [5.74, 6) is 0. The fraction of sp³-hybridized carbons (Fsp3) is 0.692. The highest BCUT2D eigenvalue weighted by Gasteiger charge is 2.18. The molecule has 0 amide bonds. The van der Waals surface area contributed by atoms with Gasteiger partial charge in [-0.2, -0.15) is 0 Å². The third-order valence-corrected chi connectivity index (χ3v) is 7.59. The highest BCUT2D eigenvalue weighted by Crippen LogP contribution is 2.30. The van der Waals surface area contributed by atoms with E-state index >= 15 is 0 Å². The van der Waals surface area contributed by atoms with Crippen LogP contribution in [0, 0.1) is 6.92 Å². The molecule has 2 heterocycles. The fourth-order valence-electron chi connectivity index (χ4n) is 2.33. The van der Waals surface area contributed by atoms with Crippen LogP contribution in [-0.4, -0.2) is 39.5 Å². The topological polar surface area (TPSA) is 49.4 Å². The average molecular weight is 381 g/mol. The number of aryl methyl sites for hydroxylation is 1. The Labute approximate surface area is 133 Å². The van der Waals surface area contributed by atoms with E-state index in [-0.39, 0.29) is 0 Å². The average Bonchev–Trinajstić information content (AvgIpc) is 2.62. The van der Waals surface area contributed by atoms with Crippen molar-refractivity contribution in [3.05, 3.63) is 15.4 Å². The summed E-state index contributed by atoms with van der Waals surface area (Å²) in [6.45, 7) is 5.36. The molecule has 20 heavy (non-hydrogen) atoms. The molecule has 0 bridgehead atoms. The van der Waals surface area contributed by atoms with Gasteiger partial charge >= 0.3 is 0 Å². The quantitative estimate of drug-likeness (QED) is 0.853. The van der Waals surface area contributed by atoms with Gasteiger partial charge in [-0.05, 0) is 60.4 Å². The molecule has 0 unspecified atom stereocenters.